The van der Waals surface area contributed by atoms with Gasteiger partial charge in [0.2, 0.25) is 0 Å². The molecule has 0 aromatic rings. The fourth-order valence-electron chi connectivity index (χ4n) is 0.435. The first kappa shape index (κ1) is 8.15. The van der Waals surface area contributed by atoms with Gasteiger partial charge in [-0.05, 0) is 6.92 Å². The van der Waals surface area contributed by atoms with Crippen LogP contribution in [0, 0.1) is 0 Å². The molecule has 0 saturated carbocycles. The first-order valence-electron chi connectivity index (χ1n) is 3.00. The predicted octanol–water partition coefficient (Wildman–Crippen LogP) is 2.21. The van der Waals surface area contributed by atoms with E-state index in [1.165, 1.54) is 0 Å². The van der Waals surface area contributed by atoms with E-state index in [4.69, 9.17) is 0 Å². The Kier molecular flexibility index (Phi) is 4.79. The van der Waals surface area contributed by atoms with Crippen LogP contribution in [0.4, 0.5) is 0 Å². The van der Waals surface area contributed by atoms with Gasteiger partial charge < -0.3 is 4.99 Å². The van der Waals surface area contributed by atoms with Crippen molar-refractivity contribution >= 4 is 6.21 Å². The number of allylic oxidation sites excluding steroid dienone is 3. The molecule has 0 saturated heterocycles. The van der Waals surface area contributed by atoms with Crippen molar-refractivity contribution in [3.63, 3.8) is 0 Å². The molecule has 0 rings (SSSR count). The van der Waals surface area contributed by atoms with E-state index in [-0.39, 0.29) is 0 Å². The summed E-state index contributed by atoms with van der Waals surface area (Å²) in [5.41, 5.74) is 1.08. The van der Waals surface area contributed by atoms with E-state index in [2.05, 4.69) is 11.6 Å². The smallest absolute Gasteiger partial charge is 0.0273 e. The quantitative estimate of drug-likeness (QED) is 0.403. The number of nitrogens with zero attached hydrogens (tertiary/aromatic N) is 1. The van der Waals surface area contributed by atoms with Crippen LogP contribution in [0.5, 0.6) is 0 Å². The van der Waals surface area contributed by atoms with Crippen molar-refractivity contribution in [1.29, 1.82) is 0 Å². The maximum absolute atomic E-state index is 3.83. The summed E-state index contributed by atoms with van der Waals surface area (Å²) in [6, 6.07) is 0. The van der Waals surface area contributed by atoms with Crippen LogP contribution < -0.4 is 0 Å². The van der Waals surface area contributed by atoms with Crippen molar-refractivity contribution in [2.75, 3.05) is 7.05 Å². The molecule has 0 heterocycles. The molecular weight excluding hydrogens is 110 g/mol. The van der Waals surface area contributed by atoms with Gasteiger partial charge in [0, 0.05) is 19.7 Å². The second-order valence-electron chi connectivity index (χ2n) is 1.93. The van der Waals surface area contributed by atoms with Crippen molar-refractivity contribution in [2.45, 2.75) is 13.3 Å². The van der Waals surface area contributed by atoms with Gasteiger partial charge in [-0.15, -0.1) is 0 Å². The Morgan fingerprint density at radius 1 is 1.67 bits per heavy atom. The van der Waals surface area contributed by atoms with Gasteiger partial charge in [-0.1, -0.05) is 24.3 Å². The first-order chi connectivity index (χ1) is 4.27. The standard InChI is InChI=1S/C8H13N/c1-8(2)6-4-5-7-9-3/h4,6-7H,1,5H2,2-3H3/b6-4+,9-7-. The summed E-state index contributed by atoms with van der Waals surface area (Å²) < 4.78 is 0. The lowest BCUT2D eigenvalue weighted by Crippen LogP contribution is -1.68. The average molecular weight is 123 g/mol. The molecule has 9 heavy (non-hydrogen) atoms. The summed E-state index contributed by atoms with van der Waals surface area (Å²) in [6.45, 7) is 5.69. The monoisotopic (exact) mass is 123 g/mol. The van der Waals surface area contributed by atoms with Crippen LogP contribution in [0.15, 0.2) is 29.3 Å². The molecular formula is C8H13N. The molecule has 0 bridgehead atoms. The van der Waals surface area contributed by atoms with Crippen molar-refractivity contribution in [3.05, 3.63) is 24.3 Å². The van der Waals surface area contributed by atoms with Gasteiger partial charge in [0.25, 0.3) is 0 Å². The molecule has 0 aliphatic rings. The molecule has 50 valence electrons. The second-order valence-corrected chi connectivity index (χ2v) is 1.93. The zero-order chi connectivity index (χ0) is 7.11. The highest BCUT2D eigenvalue weighted by molar-refractivity contribution is 5.59. The van der Waals surface area contributed by atoms with Crippen molar-refractivity contribution in [3.8, 4) is 0 Å². The Bertz CT molecular complexity index is 132. The van der Waals surface area contributed by atoms with Crippen molar-refractivity contribution in [1.82, 2.24) is 0 Å². The molecule has 0 radical (unpaired) electrons. The van der Waals surface area contributed by atoms with E-state index < -0.39 is 0 Å². The van der Waals surface area contributed by atoms with Crippen LogP contribution >= 0.6 is 0 Å². The van der Waals surface area contributed by atoms with Crippen LogP contribution in [0.25, 0.3) is 0 Å². The lowest BCUT2D eigenvalue weighted by Gasteiger charge is -1.81. The predicted molar refractivity (Wildman–Crippen MR) is 43.0 cm³/mol. The van der Waals surface area contributed by atoms with Crippen molar-refractivity contribution in [2.24, 2.45) is 4.99 Å². The molecule has 0 spiro atoms. The van der Waals surface area contributed by atoms with Crippen LogP contribution in [0.3, 0.4) is 0 Å². The zero-order valence-corrected chi connectivity index (χ0v) is 6.09. The lowest BCUT2D eigenvalue weighted by atomic mass is 10.3. The number of aliphatic imine (C=N–C) groups is 1. The molecule has 1 heteroatoms. The maximum Gasteiger partial charge on any atom is 0.0273 e. The van der Waals surface area contributed by atoms with Crippen molar-refractivity contribution < 1.29 is 0 Å². The minimum absolute atomic E-state index is 0.906. The number of hydrogen-bond donors (Lipinski definition) is 0. The normalized spacial score (nSPS) is 11.3. The van der Waals surface area contributed by atoms with E-state index in [0.717, 1.165) is 12.0 Å². The molecule has 0 N–H and O–H groups in total. The summed E-state index contributed by atoms with van der Waals surface area (Å²) >= 11 is 0. The minimum Gasteiger partial charge on any atom is -0.301 e. The molecule has 0 fully saturated rings. The third-order valence-electron chi connectivity index (χ3n) is 0.826. The van der Waals surface area contributed by atoms with Crippen LogP contribution in [-0.4, -0.2) is 13.3 Å². The van der Waals surface area contributed by atoms with E-state index >= 15 is 0 Å². The Morgan fingerprint density at radius 3 is 2.78 bits per heavy atom. The summed E-state index contributed by atoms with van der Waals surface area (Å²) in [5, 5.41) is 0. The second kappa shape index (κ2) is 5.29. The molecule has 0 aliphatic heterocycles. The highest BCUT2D eigenvalue weighted by Gasteiger charge is 1.71. The fourth-order valence-corrected chi connectivity index (χ4v) is 0.435. The summed E-state index contributed by atoms with van der Waals surface area (Å²) in [7, 11) is 1.77. The highest BCUT2D eigenvalue weighted by atomic mass is 14.6. The first-order valence-corrected chi connectivity index (χ1v) is 3.00. The van der Waals surface area contributed by atoms with Crippen LogP contribution in [0.1, 0.15) is 13.3 Å². The molecule has 0 amide bonds. The highest BCUT2D eigenvalue weighted by Crippen LogP contribution is 1.89. The van der Waals surface area contributed by atoms with Crippen LogP contribution in [-0.2, 0) is 0 Å². The van der Waals surface area contributed by atoms with E-state index in [1.54, 1.807) is 7.05 Å². The number of rotatable bonds is 3. The zero-order valence-electron chi connectivity index (χ0n) is 6.09. The maximum atomic E-state index is 3.83. The van der Waals surface area contributed by atoms with E-state index in [0.29, 0.717) is 0 Å². The van der Waals surface area contributed by atoms with Gasteiger partial charge in [-0.2, -0.15) is 0 Å². The summed E-state index contributed by atoms with van der Waals surface area (Å²) in [6.07, 6.45) is 6.79. The van der Waals surface area contributed by atoms with Gasteiger partial charge in [-0.25, -0.2) is 0 Å². The largest absolute Gasteiger partial charge is 0.301 e. The third kappa shape index (κ3) is 7.15. The average Bonchev–Trinajstić information content (AvgIpc) is 1.80. The summed E-state index contributed by atoms with van der Waals surface area (Å²) in [5.74, 6) is 0. The van der Waals surface area contributed by atoms with Gasteiger partial charge in [-0.3, -0.25) is 0 Å². The topological polar surface area (TPSA) is 12.4 Å². The minimum atomic E-state index is 0.906. The molecule has 0 unspecified atom stereocenters. The van der Waals surface area contributed by atoms with E-state index in [1.807, 2.05) is 25.3 Å². The van der Waals surface area contributed by atoms with Crippen LogP contribution in [0.2, 0.25) is 0 Å². The fraction of sp³-hybridized carbons (Fsp3) is 0.375. The van der Waals surface area contributed by atoms with Gasteiger partial charge >= 0.3 is 0 Å². The van der Waals surface area contributed by atoms with E-state index in [9.17, 15) is 0 Å². The molecule has 0 aromatic carbocycles. The Balaban J connectivity index is 3.36. The Morgan fingerprint density at radius 2 is 2.33 bits per heavy atom. The van der Waals surface area contributed by atoms with Gasteiger partial charge in [0.15, 0.2) is 0 Å². The third-order valence-corrected chi connectivity index (χ3v) is 0.826. The van der Waals surface area contributed by atoms with Gasteiger partial charge in [0.1, 0.15) is 0 Å². The molecule has 0 aromatic heterocycles. The molecule has 0 aliphatic carbocycles. The molecule has 0 atom stereocenters. The lowest BCUT2D eigenvalue weighted by molar-refractivity contribution is 1.39. The Hall–Kier alpha value is -0.850. The SMILES string of the molecule is C=C(C)/C=C/C/C=N\C. The Labute approximate surface area is 56.8 Å². The number of hydrogen-bond acceptors (Lipinski definition) is 1. The van der Waals surface area contributed by atoms with Gasteiger partial charge in [0.05, 0.1) is 0 Å². The molecule has 1 nitrogen and oxygen atoms in total. The summed E-state index contributed by atoms with van der Waals surface area (Å²) in [4.78, 5) is 3.83.